The Balaban J connectivity index is 0.000000224. The third kappa shape index (κ3) is 4.77. The van der Waals surface area contributed by atoms with E-state index in [9.17, 15) is 4.79 Å². The molecular formula is C17H18Cl2N2O3. The molecule has 0 radical (unpaired) electrons. The lowest BCUT2D eigenvalue weighted by Gasteiger charge is -2.12. The van der Waals surface area contributed by atoms with Gasteiger partial charge in [0, 0.05) is 35.5 Å². The summed E-state index contributed by atoms with van der Waals surface area (Å²) >= 11 is 10.7. The van der Waals surface area contributed by atoms with E-state index in [1.165, 1.54) is 30.2 Å². The van der Waals surface area contributed by atoms with Crippen LogP contribution in [0.3, 0.4) is 0 Å². The Hall–Kier alpha value is -1.95. The summed E-state index contributed by atoms with van der Waals surface area (Å²) in [7, 11) is 2.81. The van der Waals surface area contributed by atoms with Crippen molar-refractivity contribution in [2.24, 2.45) is 0 Å². The van der Waals surface area contributed by atoms with Crippen molar-refractivity contribution in [1.82, 2.24) is 9.90 Å². The molecule has 0 bridgehead atoms. The van der Waals surface area contributed by atoms with Crippen molar-refractivity contribution >= 4 is 29.4 Å². The van der Waals surface area contributed by atoms with E-state index < -0.39 is 6.03 Å². The number of ether oxygens (including phenoxy) is 1. The summed E-state index contributed by atoms with van der Waals surface area (Å²) in [5, 5.41) is 4.34. The Morgan fingerprint density at radius 1 is 1.21 bits per heavy atom. The number of rotatable bonds is 5. The first kappa shape index (κ1) is 18.4. The van der Waals surface area contributed by atoms with Crippen molar-refractivity contribution in [1.29, 1.82) is 0 Å². The lowest BCUT2D eigenvalue weighted by Crippen LogP contribution is -2.31. The molecular weight excluding hydrogens is 351 g/mol. The Labute approximate surface area is 150 Å². The van der Waals surface area contributed by atoms with Gasteiger partial charge in [0.1, 0.15) is 5.75 Å². The Morgan fingerprint density at radius 2 is 1.92 bits per heavy atom. The van der Waals surface area contributed by atoms with Crippen molar-refractivity contribution in [3.05, 3.63) is 63.5 Å². The maximum Gasteiger partial charge on any atom is 0.355 e. The molecule has 0 atom stereocenters. The van der Waals surface area contributed by atoms with Crippen molar-refractivity contribution in [3.8, 4) is 5.75 Å². The van der Waals surface area contributed by atoms with Crippen LogP contribution in [0.15, 0.2) is 42.5 Å². The van der Waals surface area contributed by atoms with Gasteiger partial charge in [-0.15, -0.1) is 0 Å². The first-order valence-corrected chi connectivity index (χ1v) is 8.01. The van der Waals surface area contributed by atoms with E-state index >= 15 is 0 Å². The number of urea groups is 1. The lowest BCUT2D eigenvalue weighted by molar-refractivity contribution is -0.0629. The van der Waals surface area contributed by atoms with Gasteiger partial charge in [0.05, 0.1) is 13.7 Å². The van der Waals surface area contributed by atoms with Crippen LogP contribution in [-0.4, -0.2) is 31.9 Å². The number of hydroxylamine groups is 2. The van der Waals surface area contributed by atoms with Crippen molar-refractivity contribution in [3.63, 3.8) is 0 Å². The fraction of sp³-hybridized carbons (Fsp3) is 0.235. The third-order valence-corrected chi connectivity index (χ3v) is 3.91. The maximum absolute atomic E-state index is 10.3. The second-order valence-corrected chi connectivity index (χ2v) is 5.64. The molecule has 0 spiro atoms. The van der Waals surface area contributed by atoms with E-state index in [1.807, 2.05) is 29.1 Å². The third-order valence-electron chi connectivity index (χ3n) is 3.49. The van der Waals surface area contributed by atoms with Crippen LogP contribution in [0, 0.1) is 10.4 Å². The van der Waals surface area contributed by atoms with Crippen molar-refractivity contribution in [2.75, 3.05) is 20.8 Å². The highest BCUT2D eigenvalue weighted by Crippen LogP contribution is 2.24. The van der Waals surface area contributed by atoms with E-state index in [-0.39, 0.29) is 0 Å². The van der Waals surface area contributed by atoms with Gasteiger partial charge < -0.3 is 4.74 Å². The van der Waals surface area contributed by atoms with Crippen LogP contribution in [0.25, 0.3) is 0 Å². The minimum Gasteiger partial charge on any atom is -0.493 e. The Bertz CT molecular complexity index is 781. The number of nitrogens with zero attached hydrogens (tertiary/aromatic N) is 1. The molecule has 1 N–H and O–H groups in total. The molecule has 0 saturated heterocycles. The monoisotopic (exact) mass is 368 g/mol. The Kier molecular flexibility index (Phi) is 6.73. The molecule has 0 aromatic heterocycles. The topological polar surface area (TPSA) is 50.8 Å². The average Bonchev–Trinajstić information content (AvgIpc) is 2.59. The van der Waals surface area contributed by atoms with Crippen LogP contribution >= 0.6 is 23.4 Å². The molecule has 5 nitrogen and oxygen atoms in total. The number of hydrogen-bond acceptors (Lipinski definition) is 3. The molecule has 1 aromatic carbocycles. The molecule has 0 heterocycles. The molecule has 1 aromatic rings. The van der Waals surface area contributed by atoms with E-state index in [0.29, 0.717) is 0 Å². The lowest BCUT2D eigenvalue weighted by atomic mass is 10.1. The summed E-state index contributed by atoms with van der Waals surface area (Å²) in [6.07, 6.45) is 0.917. The molecule has 0 saturated carbocycles. The number of carbonyl (C=O) groups is 1. The van der Waals surface area contributed by atoms with Crippen LogP contribution < -0.4 is 9.57 Å². The van der Waals surface area contributed by atoms with Gasteiger partial charge in [0.15, 0.2) is 0 Å². The van der Waals surface area contributed by atoms with E-state index in [4.69, 9.17) is 28.1 Å². The van der Waals surface area contributed by atoms with Crippen LogP contribution in [0.5, 0.6) is 5.75 Å². The summed E-state index contributed by atoms with van der Waals surface area (Å²) in [4.78, 5) is 16.6. The summed E-state index contributed by atoms with van der Waals surface area (Å²) in [6.45, 7) is 0.720. The SMILES string of the molecule is CON(C)C(=O)NCl.Clc1ccc(CCOc2cc3ccc2=3)cc1. The van der Waals surface area contributed by atoms with Gasteiger partial charge in [-0.3, -0.25) is 4.84 Å². The normalized spacial score (nSPS) is 10.3. The summed E-state index contributed by atoms with van der Waals surface area (Å²) in [5.74, 6) is 1.03. The number of carbonyl (C=O) groups excluding carboxylic acids is 1. The van der Waals surface area contributed by atoms with Crippen LogP contribution in [0.2, 0.25) is 5.02 Å². The highest BCUT2D eigenvalue weighted by atomic mass is 35.5. The summed E-state index contributed by atoms with van der Waals surface area (Å²) in [5.41, 5.74) is 1.25. The summed E-state index contributed by atoms with van der Waals surface area (Å²) in [6, 6.07) is 13.7. The standard InChI is InChI=1S/C14H11ClO.C3H7ClN2O2/c15-12-4-1-10(2-5-12)7-8-16-14-9-11-3-6-13(11)14;1-6(8-2)3(7)5-4/h1-6,9H,7-8H2;1-2H3,(H,5,7). The highest BCUT2D eigenvalue weighted by Gasteiger charge is 2.06. The molecule has 2 aliphatic carbocycles. The summed E-state index contributed by atoms with van der Waals surface area (Å²) < 4.78 is 5.67. The predicted molar refractivity (Wildman–Crippen MR) is 93.9 cm³/mol. The number of amides is 2. The van der Waals surface area contributed by atoms with Crippen LogP contribution in [0.4, 0.5) is 4.79 Å². The second kappa shape index (κ2) is 8.78. The van der Waals surface area contributed by atoms with E-state index in [2.05, 4.69) is 23.0 Å². The minimum atomic E-state index is -0.492. The van der Waals surface area contributed by atoms with E-state index in [0.717, 1.165) is 28.9 Å². The van der Waals surface area contributed by atoms with Crippen molar-refractivity contribution < 1.29 is 14.4 Å². The first-order chi connectivity index (χ1) is 11.5. The zero-order chi connectivity index (χ0) is 17.5. The number of benzene rings is 2. The fourth-order valence-corrected chi connectivity index (χ4v) is 2.19. The minimum absolute atomic E-state index is 0.492. The van der Waals surface area contributed by atoms with Crippen LogP contribution in [0.1, 0.15) is 5.56 Å². The Morgan fingerprint density at radius 3 is 2.33 bits per heavy atom. The van der Waals surface area contributed by atoms with Gasteiger partial charge >= 0.3 is 6.03 Å². The molecule has 7 heteroatoms. The fourth-order valence-electron chi connectivity index (χ4n) is 1.95. The van der Waals surface area contributed by atoms with Gasteiger partial charge in [-0.25, -0.2) is 14.7 Å². The molecule has 24 heavy (non-hydrogen) atoms. The number of halogens is 2. The van der Waals surface area contributed by atoms with Crippen molar-refractivity contribution in [2.45, 2.75) is 6.42 Å². The number of nitrogens with one attached hydrogen (secondary N) is 1. The van der Waals surface area contributed by atoms with Crippen LogP contribution in [-0.2, 0) is 11.3 Å². The smallest absolute Gasteiger partial charge is 0.355 e. The van der Waals surface area contributed by atoms with Gasteiger partial charge in [-0.1, -0.05) is 35.9 Å². The van der Waals surface area contributed by atoms with Gasteiger partial charge in [-0.2, -0.15) is 0 Å². The zero-order valence-electron chi connectivity index (χ0n) is 13.4. The molecule has 2 aliphatic rings. The zero-order valence-corrected chi connectivity index (χ0v) is 14.9. The van der Waals surface area contributed by atoms with Gasteiger partial charge in [-0.05, 0) is 29.0 Å². The average molecular weight is 369 g/mol. The number of hydrogen-bond donors (Lipinski definition) is 1. The molecule has 3 rings (SSSR count). The van der Waals surface area contributed by atoms with Gasteiger partial charge in [0.2, 0.25) is 0 Å². The molecule has 0 aliphatic heterocycles. The van der Waals surface area contributed by atoms with Gasteiger partial charge in [0.25, 0.3) is 0 Å². The predicted octanol–water partition coefficient (Wildman–Crippen LogP) is 3.90. The quantitative estimate of drug-likeness (QED) is 0.548. The van der Waals surface area contributed by atoms with E-state index in [1.54, 1.807) is 0 Å². The molecule has 0 unspecified atom stereocenters. The molecule has 2 amide bonds. The largest absolute Gasteiger partial charge is 0.493 e. The molecule has 0 fully saturated rings. The first-order valence-electron chi connectivity index (χ1n) is 7.25. The second-order valence-electron chi connectivity index (χ2n) is 5.02. The highest BCUT2D eigenvalue weighted by molar-refractivity contribution is 6.30. The molecule has 128 valence electrons. The maximum atomic E-state index is 10.3.